The number of para-hydroxylation sites is 1. The summed E-state index contributed by atoms with van der Waals surface area (Å²) in [6.07, 6.45) is 0.0554. The van der Waals surface area contributed by atoms with Gasteiger partial charge < -0.3 is 19.5 Å². The molecular formula is C18H19N3O5. The van der Waals surface area contributed by atoms with Crippen molar-refractivity contribution >= 4 is 29.3 Å². The van der Waals surface area contributed by atoms with Crippen LogP contribution in [0.1, 0.15) is 29.5 Å². The number of carbonyl (C=O) groups is 3. The Labute approximate surface area is 150 Å². The zero-order valence-electron chi connectivity index (χ0n) is 14.5. The van der Waals surface area contributed by atoms with E-state index in [1.54, 1.807) is 44.2 Å². The molecule has 3 rings (SSSR count). The molecule has 0 radical (unpaired) electrons. The Morgan fingerprint density at radius 1 is 1.38 bits per heavy atom. The Bertz CT molecular complexity index is 845. The molecule has 1 aliphatic heterocycles. The highest BCUT2D eigenvalue weighted by atomic mass is 16.5. The summed E-state index contributed by atoms with van der Waals surface area (Å²) in [5.41, 5.74) is 0.749. The number of benzene rings is 1. The normalized spacial score (nSPS) is 16.6. The van der Waals surface area contributed by atoms with Gasteiger partial charge in [0.1, 0.15) is 5.76 Å². The third-order valence-electron chi connectivity index (χ3n) is 4.07. The smallest absolute Gasteiger partial charge is 0.340 e. The number of amides is 2. The molecule has 136 valence electrons. The van der Waals surface area contributed by atoms with Gasteiger partial charge in [0, 0.05) is 19.0 Å². The van der Waals surface area contributed by atoms with Gasteiger partial charge in [-0.05, 0) is 26.0 Å². The Morgan fingerprint density at radius 2 is 2.15 bits per heavy atom. The predicted octanol–water partition coefficient (Wildman–Crippen LogP) is 2.15. The van der Waals surface area contributed by atoms with E-state index < -0.39 is 11.9 Å². The van der Waals surface area contributed by atoms with E-state index in [2.05, 4.69) is 10.5 Å². The van der Waals surface area contributed by atoms with Crippen molar-refractivity contribution in [3.63, 3.8) is 0 Å². The number of ether oxygens (including phenoxy) is 1. The van der Waals surface area contributed by atoms with E-state index in [0.29, 0.717) is 22.8 Å². The number of aryl methyl sites for hydroxylation is 1. The second-order valence-electron chi connectivity index (χ2n) is 5.96. The SMILES string of the molecule is CCOC(=O)c1ccccc1N1CC(C(=O)Nc2cc(C)on2)CC1=O. The Kier molecular flexibility index (Phi) is 5.01. The van der Waals surface area contributed by atoms with Crippen LogP contribution < -0.4 is 10.2 Å². The highest BCUT2D eigenvalue weighted by Gasteiger charge is 2.37. The molecule has 0 bridgehead atoms. The van der Waals surface area contributed by atoms with Gasteiger partial charge >= 0.3 is 5.97 Å². The molecule has 0 saturated carbocycles. The van der Waals surface area contributed by atoms with Gasteiger partial charge in [0.2, 0.25) is 11.8 Å². The van der Waals surface area contributed by atoms with E-state index in [4.69, 9.17) is 9.26 Å². The van der Waals surface area contributed by atoms with Crippen LogP contribution in [0.4, 0.5) is 11.5 Å². The van der Waals surface area contributed by atoms with Crippen LogP contribution >= 0.6 is 0 Å². The number of esters is 1. The van der Waals surface area contributed by atoms with Crippen LogP contribution in [0.25, 0.3) is 0 Å². The highest BCUT2D eigenvalue weighted by Crippen LogP contribution is 2.29. The van der Waals surface area contributed by atoms with Gasteiger partial charge in [0.15, 0.2) is 5.82 Å². The number of rotatable bonds is 5. The molecule has 1 saturated heterocycles. The van der Waals surface area contributed by atoms with Gasteiger partial charge in [0.05, 0.1) is 23.8 Å². The van der Waals surface area contributed by atoms with E-state index in [-0.39, 0.29) is 31.4 Å². The summed E-state index contributed by atoms with van der Waals surface area (Å²) < 4.78 is 9.96. The topological polar surface area (TPSA) is 102 Å². The van der Waals surface area contributed by atoms with Crippen LogP contribution in [0.3, 0.4) is 0 Å². The summed E-state index contributed by atoms with van der Waals surface area (Å²) in [4.78, 5) is 38.4. The molecule has 1 aliphatic rings. The molecule has 0 aliphatic carbocycles. The minimum Gasteiger partial charge on any atom is -0.462 e. The summed E-state index contributed by atoms with van der Waals surface area (Å²) in [6, 6.07) is 8.31. The van der Waals surface area contributed by atoms with Crippen molar-refractivity contribution in [3.05, 3.63) is 41.7 Å². The largest absolute Gasteiger partial charge is 0.462 e. The quantitative estimate of drug-likeness (QED) is 0.823. The molecule has 8 heteroatoms. The van der Waals surface area contributed by atoms with Crippen molar-refractivity contribution < 1.29 is 23.6 Å². The summed E-state index contributed by atoms with van der Waals surface area (Å²) in [7, 11) is 0. The minimum atomic E-state index is -0.547. The van der Waals surface area contributed by atoms with Crippen LogP contribution in [0.2, 0.25) is 0 Å². The van der Waals surface area contributed by atoms with Crippen molar-refractivity contribution in [3.8, 4) is 0 Å². The first-order valence-corrected chi connectivity index (χ1v) is 8.30. The lowest BCUT2D eigenvalue weighted by Crippen LogP contribution is -2.29. The Hall–Kier alpha value is -3.16. The number of nitrogens with one attached hydrogen (secondary N) is 1. The fourth-order valence-electron chi connectivity index (χ4n) is 2.86. The van der Waals surface area contributed by atoms with Gasteiger partial charge in [-0.2, -0.15) is 0 Å². The number of hydrogen-bond donors (Lipinski definition) is 1. The monoisotopic (exact) mass is 357 g/mol. The van der Waals surface area contributed by atoms with Crippen LogP contribution in [0, 0.1) is 12.8 Å². The van der Waals surface area contributed by atoms with E-state index >= 15 is 0 Å². The van der Waals surface area contributed by atoms with Gasteiger partial charge in [0.25, 0.3) is 0 Å². The highest BCUT2D eigenvalue weighted by molar-refractivity contribution is 6.07. The third-order valence-corrected chi connectivity index (χ3v) is 4.07. The minimum absolute atomic E-state index is 0.0554. The standard InChI is InChI=1S/C18H19N3O5/c1-3-25-18(24)13-6-4-5-7-14(13)21-10-12(9-16(21)22)17(23)19-15-8-11(2)26-20-15/h4-8,12H,3,9-10H2,1-2H3,(H,19,20,23). The maximum Gasteiger partial charge on any atom is 0.340 e. The predicted molar refractivity (Wildman–Crippen MR) is 92.7 cm³/mol. The fraction of sp³-hybridized carbons (Fsp3) is 0.333. The molecule has 1 fully saturated rings. The number of hydrogen-bond acceptors (Lipinski definition) is 6. The second kappa shape index (κ2) is 7.38. The molecular weight excluding hydrogens is 338 g/mol. The van der Waals surface area contributed by atoms with E-state index in [1.807, 2.05) is 0 Å². The lowest BCUT2D eigenvalue weighted by molar-refractivity contribution is -0.122. The number of carbonyl (C=O) groups excluding carboxylic acids is 3. The van der Waals surface area contributed by atoms with E-state index in [0.717, 1.165) is 0 Å². The van der Waals surface area contributed by atoms with Gasteiger partial charge in [-0.25, -0.2) is 4.79 Å². The molecule has 26 heavy (non-hydrogen) atoms. The molecule has 1 aromatic heterocycles. The first kappa shape index (κ1) is 17.7. The van der Waals surface area contributed by atoms with Crippen LogP contribution in [-0.4, -0.2) is 36.1 Å². The first-order valence-electron chi connectivity index (χ1n) is 8.30. The van der Waals surface area contributed by atoms with E-state index in [9.17, 15) is 14.4 Å². The Morgan fingerprint density at radius 3 is 2.85 bits per heavy atom. The fourth-order valence-corrected chi connectivity index (χ4v) is 2.86. The molecule has 8 nitrogen and oxygen atoms in total. The van der Waals surface area contributed by atoms with Crippen LogP contribution in [0.15, 0.2) is 34.9 Å². The molecule has 1 aromatic carbocycles. The molecule has 2 amide bonds. The summed E-state index contributed by atoms with van der Waals surface area (Å²) in [6.45, 7) is 3.85. The third kappa shape index (κ3) is 3.58. The van der Waals surface area contributed by atoms with Crippen LogP contribution in [0.5, 0.6) is 0 Å². The van der Waals surface area contributed by atoms with Gasteiger partial charge in [-0.1, -0.05) is 17.3 Å². The van der Waals surface area contributed by atoms with Crippen molar-refractivity contribution in [2.24, 2.45) is 5.92 Å². The van der Waals surface area contributed by atoms with Crippen molar-refractivity contribution in [2.75, 3.05) is 23.4 Å². The molecule has 2 heterocycles. The lowest BCUT2D eigenvalue weighted by Gasteiger charge is -2.19. The maximum atomic E-state index is 12.4. The average molecular weight is 357 g/mol. The number of anilines is 2. The Balaban J connectivity index is 1.76. The molecule has 1 N–H and O–H groups in total. The lowest BCUT2D eigenvalue weighted by atomic mass is 10.1. The number of nitrogens with zero attached hydrogens (tertiary/aromatic N) is 2. The average Bonchev–Trinajstić information content (AvgIpc) is 3.20. The second-order valence-corrected chi connectivity index (χ2v) is 5.96. The molecule has 2 aromatic rings. The summed E-state index contributed by atoms with van der Waals surface area (Å²) >= 11 is 0. The van der Waals surface area contributed by atoms with E-state index in [1.165, 1.54) is 4.90 Å². The molecule has 1 unspecified atom stereocenters. The summed E-state index contributed by atoms with van der Waals surface area (Å²) in [5, 5.41) is 6.36. The van der Waals surface area contributed by atoms with Crippen molar-refractivity contribution in [2.45, 2.75) is 20.3 Å². The van der Waals surface area contributed by atoms with Gasteiger partial charge in [-0.3, -0.25) is 9.59 Å². The number of aromatic nitrogens is 1. The summed E-state index contributed by atoms with van der Waals surface area (Å²) in [5.74, 6) is -0.698. The molecule has 1 atom stereocenters. The van der Waals surface area contributed by atoms with Crippen LogP contribution in [-0.2, 0) is 14.3 Å². The van der Waals surface area contributed by atoms with Gasteiger partial charge in [-0.15, -0.1) is 0 Å². The zero-order chi connectivity index (χ0) is 18.7. The zero-order valence-corrected chi connectivity index (χ0v) is 14.5. The van der Waals surface area contributed by atoms with Crippen molar-refractivity contribution in [1.29, 1.82) is 0 Å². The maximum absolute atomic E-state index is 12.4. The first-order chi connectivity index (χ1) is 12.5. The van der Waals surface area contributed by atoms with Crippen molar-refractivity contribution in [1.82, 2.24) is 5.16 Å². The molecule has 0 spiro atoms.